The van der Waals surface area contributed by atoms with Crippen molar-refractivity contribution in [1.29, 1.82) is 0 Å². The molecular formula is C20H30O2. The summed E-state index contributed by atoms with van der Waals surface area (Å²) in [5.74, 6) is 1.83. The summed E-state index contributed by atoms with van der Waals surface area (Å²) in [5, 5.41) is 0. The third kappa shape index (κ3) is 9.28. The Balaban J connectivity index is 2.14. The van der Waals surface area contributed by atoms with Gasteiger partial charge in [-0.15, -0.1) is 0 Å². The van der Waals surface area contributed by atoms with E-state index in [2.05, 4.69) is 38.2 Å². The monoisotopic (exact) mass is 302 g/mol. The van der Waals surface area contributed by atoms with Crippen molar-refractivity contribution in [1.82, 2.24) is 0 Å². The Bertz CT molecular complexity index is 377. The maximum absolute atomic E-state index is 5.71. The smallest absolute Gasteiger partial charge is 0.119 e. The first-order valence-corrected chi connectivity index (χ1v) is 8.52. The Kier molecular flexibility index (Phi) is 10.8. The van der Waals surface area contributed by atoms with Gasteiger partial charge in [0.1, 0.15) is 11.5 Å². The van der Waals surface area contributed by atoms with Crippen molar-refractivity contribution in [3.05, 3.63) is 48.6 Å². The second kappa shape index (κ2) is 13.0. The van der Waals surface area contributed by atoms with E-state index in [-0.39, 0.29) is 0 Å². The van der Waals surface area contributed by atoms with E-state index in [4.69, 9.17) is 9.47 Å². The molecule has 0 saturated heterocycles. The van der Waals surface area contributed by atoms with Crippen LogP contribution in [0.1, 0.15) is 52.4 Å². The van der Waals surface area contributed by atoms with Crippen molar-refractivity contribution < 1.29 is 9.47 Å². The number of hydrogen-bond donors (Lipinski definition) is 0. The number of allylic oxidation sites excluding steroid dienone is 4. The lowest BCUT2D eigenvalue weighted by Crippen LogP contribution is -1.98. The molecule has 1 aromatic carbocycles. The molecule has 0 N–H and O–H groups in total. The number of rotatable bonds is 12. The van der Waals surface area contributed by atoms with Crippen molar-refractivity contribution in [2.24, 2.45) is 0 Å². The summed E-state index contributed by atoms with van der Waals surface area (Å²) in [5.41, 5.74) is 0. The summed E-state index contributed by atoms with van der Waals surface area (Å²) in [6.07, 6.45) is 15.3. The van der Waals surface area contributed by atoms with Crippen molar-refractivity contribution in [3.8, 4) is 11.5 Å². The molecular weight excluding hydrogens is 272 g/mol. The van der Waals surface area contributed by atoms with Gasteiger partial charge in [0.25, 0.3) is 0 Å². The van der Waals surface area contributed by atoms with E-state index in [9.17, 15) is 0 Å². The van der Waals surface area contributed by atoms with Crippen LogP contribution in [0.3, 0.4) is 0 Å². The predicted octanol–water partition coefficient (Wildman–Crippen LogP) is 5.94. The molecule has 122 valence electrons. The molecule has 22 heavy (non-hydrogen) atoms. The average molecular weight is 302 g/mol. The van der Waals surface area contributed by atoms with Crippen LogP contribution in [0, 0.1) is 0 Å². The lowest BCUT2D eigenvalue weighted by atomic mass is 10.2. The zero-order valence-electron chi connectivity index (χ0n) is 14.1. The van der Waals surface area contributed by atoms with Gasteiger partial charge in [-0.25, -0.2) is 0 Å². The Hall–Kier alpha value is -1.70. The van der Waals surface area contributed by atoms with Gasteiger partial charge in [0, 0.05) is 0 Å². The molecule has 0 bridgehead atoms. The molecule has 2 nitrogen and oxygen atoms in total. The van der Waals surface area contributed by atoms with E-state index in [0.717, 1.165) is 63.2 Å². The topological polar surface area (TPSA) is 18.5 Å². The van der Waals surface area contributed by atoms with Gasteiger partial charge in [0.2, 0.25) is 0 Å². The van der Waals surface area contributed by atoms with Crippen molar-refractivity contribution >= 4 is 0 Å². The molecule has 0 saturated carbocycles. The number of ether oxygens (including phenoxy) is 2. The van der Waals surface area contributed by atoms with Crippen LogP contribution in [0.2, 0.25) is 0 Å². The summed E-state index contributed by atoms with van der Waals surface area (Å²) in [6, 6.07) is 7.92. The van der Waals surface area contributed by atoms with Gasteiger partial charge in [-0.05, 0) is 62.8 Å². The van der Waals surface area contributed by atoms with Gasteiger partial charge in [-0.2, -0.15) is 0 Å². The molecule has 0 fully saturated rings. The fourth-order valence-corrected chi connectivity index (χ4v) is 1.98. The third-order valence-electron chi connectivity index (χ3n) is 3.20. The minimum atomic E-state index is 0.762. The quantitative estimate of drug-likeness (QED) is 0.351. The summed E-state index contributed by atoms with van der Waals surface area (Å²) < 4.78 is 11.4. The van der Waals surface area contributed by atoms with Crippen LogP contribution in [-0.4, -0.2) is 13.2 Å². The normalized spacial score (nSPS) is 11.4. The van der Waals surface area contributed by atoms with E-state index in [1.807, 2.05) is 24.3 Å². The molecule has 2 heteroatoms. The van der Waals surface area contributed by atoms with Crippen LogP contribution >= 0.6 is 0 Å². The molecule has 0 atom stereocenters. The highest BCUT2D eigenvalue weighted by Gasteiger charge is 1.96. The third-order valence-corrected chi connectivity index (χ3v) is 3.20. The van der Waals surface area contributed by atoms with Crippen LogP contribution in [0.5, 0.6) is 11.5 Å². The Morgan fingerprint density at radius 3 is 1.45 bits per heavy atom. The SMILES string of the molecule is CC/C=C/CCCOc1ccc(OCCC/C=C/CC)cc1. The van der Waals surface area contributed by atoms with Gasteiger partial charge < -0.3 is 9.47 Å². The van der Waals surface area contributed by atoms with Gasteiger partial charge in [-0.3, -0.25) is 0 Å². The summed E-state index contributed by atoms with van der Waals surface area (Å²) in [6.45, 7) is 5.83. The second-order valence-electron chi connectivity index (χ2n) is 5.21. The van der Waals surface area contributed by atoms with Gasteiger partial charge in [0.15, 0.2) is 0 Å². The van der Waals surface area contributed by atoms with Gasteiger partial charge >= 0.3 is 0 Å². The fourth-order valence-electron chi connectivity index (χ4n) is 1.98. The fraction of sp³-hybridized carbons (Fsp3) is 0.500. The summed E-state index contributed by atoms with van der Waals surface area (Å²) >= 11 is 0. The zero-order valence-corrected chi connectivity index (χ0v) is 14.1. The molecule has 0 heterocycles. The highest BCUT2D eigenvalue weighted by molar-refractivity contribution is 5.31. The molecule has 0 aliphatic rings. The van der Waals surface area contributed by atoms with E-state index >= 15 is 0 Å². The van der Waals surface area contributed by atoms with Crippen molar-refractivity contribution in [2.45, 2.75) is 52.4 Å². The standard InChI is InChI=1S/C20H30O2/c1-3-5-7-9-11-17-21-19-13-15-20(16-14-19)22-18-12-10-8-6-4-2/h5-8,13-16H,3-4,9-12,17-18H2,1-2H3/b7-5+,8-6+. The van der Waals surface area contributed by atoms with Crippen molar-refractivity contribution in [2.75, 3.05) is 13.2 Å². The van der Waals surface area contributed by atoms with E-state index < -0.39 is 0 Å². The largest absolute Gasteiger partial charge is 0.494 e. The highest BCUT2D eigenvalue weighted by atomic mass is 16.5. The van der Waals surface area contributed by atoms with Gasteiger partial charge in [-0.1, -0.05) is 38.2 Å². The average Bonchev–Trinajstić information content (AvgIpc) is 2.55. The first-order chi connectivity index (χ1) is 10.9. The number of benzene rings is 1. The van der Waals surface area contributed by atoms with E-state index in [0.29, 0.717) is 0 Å². The predicted molar refractivity (Wildman–Crippen MR) is 94.8 cm³/mol. The molecule has 0 aliphatic heterocycles. The Morgan fingerprint density at radius 2 is 1.09 bits per heavy atom. The maximum atomic E-state index is 5.71. The molecule has 1 aromatic rings. The molecule has 0 amide bonds. The molecule has 1 rings (SSSR count). The maximum Gasteiger partial charge on any atom is 0.119 e. The number of unbranched alkanes of at least 4 members (excludes halogenated alkanes) is 2. The Labute approximate surface area is 135 Å². The minimum Gasteiger partial charge on any atom is -0.494 e. The minimum absolute atomic E-state index is 0.762. The van der Waals surface area contributed by atoms with Crippen LogP contribution in [0.15, 0.2) is 48.6 Å². The first-order valence-electron chi connectivity index (χ1n) is 8.52. The lowest BCUT2D eigenvalue weighted by Gasteiger charge is -2.08. The zero-order chi connectivity index (χ0) is 15.9. The highest BCUT2D eigenvalue weighted by Crippen LogP contribution is 2.18. The van der Waals surface area contributed by atoms with Crippen LogP contribution in [0.4, 0.5) is 0 Å². The molecule has 0 aromatic heterocycles. The lowest BCUT2D eigenvalue weighted by molar-refractivity contribution is 0.303. The summed E-state index contributed by atoms with van der Waals surface area (Å²) in [4.78, 5) is 0. The van der Waals surface area contributed by atoms with Crippen molar-refractivity contribution in [3.63, 3.8) is 0 Å². The Morgan fingerprint density at radius 1 is 0.682 bits per heavy atom. The van der Waals surface area contributed by atoms with Crippen LogP contribution in [0.25, 0.3) is 0 Å². The molecule has 0 aliphatic carbocycles. The summed E-state index contributed by atoms with van der Waals surface area (Å²) in [7, 11) is 0. The van der Waals surface area contributed by atoms with Crippen LogP contribution < -0.4 is 9.47 Å². The molecule has 0 radical (unpaired) electrons. The van der Waals surface area contributed by atoms with Gasteiger partial charge in [0.05, 0.1) is 13.2 Å². The second-order valence-corrected chi connectivity index (χ2v) is 5.21. The van der Waals surface area contributed by atoms with E-state index in [1.54, 1.807) is 0 Å². The number of hydrogen-bond acceptors (Lipinski definition) is 2. The first kappa shape index (κ1) is 18.3. The molecule has 0 spiro atoms. The van der Waals surface area contributed by atoms with E-state index in [1.165, 1.54) is 0 Å². The van der Waals surface area contributed by atoms with Crippen LogP contribution in [-0.2, 0) is 0 Å². The molecule has 0 unspecified atom stereocenters.